The van der Waals surface area contributed by atoms with Crippen LogP contribution in [-0.4, -0.2) is 25.9 Å². The van der Waals surface area contributed by atoms with Crippen molar-refractivity contribution in [3.63, 3.8) is 0 Å². The first-order chi connectivity index (χ1) is 11.1. The van der Waals surface area contributed by atoms with Gasteiger partial charge in [-0.25, -0.2) is 9.05 Å². The van der Waals surface area contributed by atoms with Crippen molar-refractivity contribution in [2.45, 2.75) is 9.79 Å². The fourth-order valence-electron chi connectivity index (χ4n) is 1.57. The molecule has 0 aliphatic carbocycles. The third kappa shape index (κ3) is 4.98. The van der Waals surface area contributed by atoms with Gasteiger partial charge in [-0.05, 0) is 24.3 Å². The van der Waals surface area contributed by atoms with Gasteiger partial charge in [-0.3, -0.25) is 9.11 Å². The van der Waals surface area contributed by atoms with Crippen LogP contribution in [0.3, 0.4) is 0 Å². The van der Waals surface area contributed by atoms with Crippen LogP contribution in [0.25, 0.3) is 0 Å². The number of hydrogen-bond donors (Lipinski definition) is 2. The van der Waals surface area contributed by atoms with E-state index in [-0.39, 0.29) is 11.5 Å². The molecule has 2 aromatic carbocycles. The Labute approximate surface area is 138 Å². The minimum absolute atomic E-state index is 0.155. The first-order valence-corrected chi connectivity index (χ1v) is 10.0. The highest BCUT2D eigenvalue weighted by atomic mass is 32.2. The standard InChI is InChI=1S/C12H9O9PS2/c13-22(20-9-3-1-5-11(7-9)23(14,15)16)21-10-4-2-6-12(8-10)24(17,18)19/h1-8H,(H-,14,15,16,17,18,19)/p+1. The van der Waals surface area contributed by atoms with Crippen LogP contribution < -0.4 is 9.05 Å². The molecule has 0 saturated carbocycles. The summed E-state index contributed by atoms with van der Waals surface area (Å²) in [5, 5.41) is 0. The second-order valence-corrected chi connectivity index (χ2v) is 7.96. The van der Waals surface area contributed by atoms with Gasteiger partial charge in [-0.2, -0.15) is 16.8 Å². The van der Waals surface area contributed by atoms with E-state index in [1.807, 2.05) is 0 Å². The second-order valence-electron chi connectivity index (χ2n) is 4.31. The lowest BCUT2D eigenvalue weighted by molar-refractivity contribution is 0.413. The van der Waals surface area contributed by atoms with Crippen LogP contribution in [0.1, 0.15) is 0 Å². The van der Waals surface area contributed by atoms with E-state index in [4.69, 9.17) is 18.2 Å². The van der Waals surface area contributed by atoms with Crippen molar-refractivity contribution in [3.8, 4) is 11.5 Å². The molecule has 0 fully saturated rings. The Morgan fingerprint density at radius 2 is 1.12 bits per heavy atom. The molecule has 0 aromatic heterocycles. The molecule has 0 radical (unpaired) electrons. The molecule has 9 nitrogen and oxygen atoms in total. The van der Waals surface area contributed by atoms with E-state index in [1.165, 1.54) is 24.3 Å². The molecule has 0 heterocycles. The molecule has 0 saturated heterocycles. The van der Waals surface area contributed by atoms with Gasteiger partial charge in [-0.15, -0.1) is 0 Å². The maximum absolute atomic E-state index is 11.8. The second kappa shape index (κ2) is 6.83. The van der Waals surface area contributed by atoms with Gasteiger partial charge in [0.25, 0.3) is 20.2 Å². The van der Waals surface area contributed by atoms with Crippen molar-refractivity contribution in [3.05, 3.63) is 48.5 Å². The van der Waals surface area contributed by atoms with E-state index >= 15 is 0 Å². The molecule has 12 heteroatoms. The molecule has 2 aromatic rings. The molecule has 2 rings (SSSR count). The van der Waals surface area contributed by atoms with E-state index < -0.39 is 38.3 Å². The van der Waals surface area contributed by atoms with Crippen molar-refractivity contribution < 1.29 is 39.6 Å². The van der Waals surface area contributed by atoms with Gasteiger partial charge in [0.2, 0.25) is 0 Å². The van der Waals surface area contributed by atoms with Crippen LogP contribution in [0.4, 0.5) is 0 Å². The SMILES string of the molecule is O=[P+](Oc1cccc(S(=O)(=O)O)c1)Oc1cccc(S(=O)(=O)O)c1. The molecule has 0 unspecified atom stereocenters. The summed E-state index contributed by atoms with van der Waals surface area (Å²) in [5.74, 6) is -0.311. The van der Waals surface area contributed by atoms with Gasteiger partial charge in [-0.1, -0.05) is 12.1 Å². The van der Waals surface area contributed by atoms with E-state index in [1.54, 1.807) is 0 Å². The summed E-state index contributed by atoms with van der Waals surface area (Å²) in [4.78, 5) is -0.923. The van der Waals surface area contributed by atoms with E-state index in [9.17, 15) is 21.4 Å². The summed E-state index contributed by atoms with van der Waals surface area (Å²) in [6.07, 6.45) is 0. The molecule has 128 valence electrons. The number of rotatable bonds is 6. The number of benzene rings is 2. The highest BCUT2D eigenvalue weighted by molar-refractivity contribution is 7.86. The fraction of sp³-hybridized carbons (Fsp3) is 0. The Kier molecular flexibility index (Phi) is 5.21. The van der Waals surface area contributed by atoms with Gasteiger partial charge < -0.3 is 0 Å². The lowest BCUT2D eigenvalue weighted by atomic mass is 10.3. The highest BCUT2D eigenvalue weighted by Crippen LogP contribution is 2.32. The summed E-state index contributed by atoms with van der Waals surface area (Å²) >= 11 is 0. The minimum atomic E-state index is -4.45. The van der Waals surface area contributed by atoms with Gasteiger partial charge in [0, 0.05) is 16.7 Å². The first kappa shape index (κ1) is 18.3. The Morgan fingerprint density at radius 3 is 1.46 bits per heavy atom. The Hall–Kier alpha value is -2.04. The minimum Gasteiger partial charge on any atom is -0.282 e. The van der Waals surface area contributed by atoms with Crippen LogP contribution in [-0.2, 0) is 24.8 Å². The summed E-state index contributed by atoms with van der Waals surface area (Å²) < 4.78 is 83.4. The fourth-order valence-corrected chi connectivity index (χ4v) is 3.21. The zero-order valence-electron chi connectivity index (χ0n) is 11.6. The highest BCUT2D eigenvalue weighted by Gasteiger charge is 2.26. The van der Waals surface area contributed by atoms with Gasteiger partial charge in [0.05, 0.1) is 9.79 Å². The van der Waals surface area contributed by atoms with Crippen molar-refractivity contribution in [1.29, 1.82) is 0 Å². The molecule has 0 amide bonds. The summed E-state index contributed by atoms with van der Waals surface area (Å²) in [6, 6.07) is 9.12. The van der Waals surface area contributed by atoms with Gasteiger partial charge in [0.15, 0.2) is 11.5 Å². The van der Waals surface area contributed by atoms with Crippen LogP contribution in [0.5, 0.6) is 11.5 Å². The summed E-state index contributed by atoms with van der Waals surface area (Å²) in [7, 11) is -11.7. The lowest BCUT2D eigenvalue weighted by Crippen LogP contribution is -1.99. The summed E-state index contributed by atoms with van der Waals surface area (Å²) in [6.45, 7) is 0. The Balaban J connectivity index is 2.15. The molecular weight excluding hydrogens is 383 g/mol. The zero-order valence-corrected chi connectivity index (χ0v) is 14.2. The lowest BCUT2D eigenvalue weighted by Gasteiger charge is -1.99. The molecule has 0 aliphatic heterocycles. The molecule has 0 bridgehead atoms. The average Bonchev–Trinajstić information content (AvgIpc) is 2.46. The van der Waals surface area contributed by atoms with Gasteiger partial charge in [0.1, 0.15) is 0 Å². The molecule has 0 atom stereocenters. The quantitative estimate of drug-likeness (QED) is 0.558. The predicted octanol–water partition coefficient (Wildman–Crippen LogP) is 2.30. The largest absolute Gasteiger partial charge is 0.805 e. The topological polar surface area (TPSA) is 144 Å². The molecule has 24 heavy (non-hydrogen) atoms. The van der Waals surface area contributed by atoms with Crippen LogP contribution >= 0.6 is 8.25 Å². The maximum atomic E-state index is 11.8. The molecular formula is C12H10O9PS2+. The molecule has 0 aliphatic rings. The normalized spacial score (nSPS) is 11.8. The van der Waals surface area contributed by atoms with Gasteiger partial charge >= 0.3 is 8.25 Å². The average molecular weight is 393 g/mol. The zero-order chi connectivity index (χ0) is 18.0. The van der Waals surface area contributed by atoms with Crippen LogP contribution in [0.15, 0.2) is 58.3 Å². The van der Waals surface area contributed by atoms with Crippen molar-refractivity contribution >= 4 is 28.5 Å². The maximum Gasteiger partial charge on any atom is 0.805 e. The first-order valence-electron chi connectivity index (χ1n) is 6.04. The Morgan fingerprint density at radius 1 is 0.750 bits per heavy atom. The third-order valence-corrected chi connectivity index (χ3v) is 4.99. The van der Waals surface area contributed by atoms with Crippen LogP contribution in [0.2, 0.25) is 0 Å². The monoisotopic (exact) mass is 393 g/mol. The Bertz CT molecular complexity index is 904. The third-order valence-electron chi connectivity index (χ3n) is 2.57. The summed E-state index contributed by atoms with van der Waals surface area (Å²) in [5.41, 5.74) is 0. The van der Waals surface area contributed by atoms with Crippen LogP contribution in [0, 0.1) is 0 Å². The smallest absolute Gasteiger partial charge is 0.282 e. The van der Waals surface area contributed by atoms with E-state index in [0.717, 1.165) is 24.3 Å². The molecule has 0 spiro atoms. The van der Waals surface area contributed by atoms with E-state index in [0.29, 0.717) is 0 Å². The van der Waals surface area contributed by atoms with Crippen molar-refractivity contribution in [2.75, 3.05) is 0 Å². The van der Waals surface area contributed by atoms with Crippen molar-refractivity contribution in [1.82, 2.24) is 0 Å². The van der Waals surface area contributed by atoms with E-state index in [2.05, 4.69) is 0 Å². The molecule has 2 N–H and O–H groups in total. The number of hydrogen-bond acceptors (Lipinski definition) is 7. The predicted molar refractivity (Wildman–Crippen MR) is 81.4 cm³/mol. The van der Waals surface area contributed by atoms with Crippen molar-refractivity contribution in [2.24, 2.45) is 0 Å².